The molecular weight excluding hydrogens is 334 g/mol. The summed E-state index contributed by atoms with van der Waals surface area (Å²) in [5.74, 6) is -0.761. The lowest BCUT2D eigenvalue weighted by Gasteiger charge is -2.16. The molecule has 0 saturated heterocycles. The number of ether oxygens (including phenoxy) is 1. The number of nitrogens with zero attached hydrogens (tertiary/aromatic N) is 1. The predicted octanol–water partition coefficient (Wildman–Crippen LogP) is 2.31. The molecule has 1 aromatic carbocycles. The normalized spacial score (nSPS) is 10.3. The van der Waals surface area contributed by atoms with Crippen molar-refractivity contribution >= 4 is 17.9 Å². The van der Waals surface area contributed by atoms with Gasteiger partial charge in [0.2, 0.25) is 0 Å². The summed E-state index contributed by atoms with van der Waals surface area (Å²) < 4.78 is 5.06. The number of carbonyl (C=O) groups excluding carboxylic acids is 3. The molecule has 26 heavy (non-hydrogen) atoms. The Balaban J connectivity index is 2.43. The number of hydrogen-bond donors (Lipinski definition) is 2. The highest BCUT2D eigenvalue weighted by Gasteiger charge is 2.13. The molecule has 1 rings (SSSR count). The first kappa shape index (κ1) is 21.5. The van der Waals surface area contributed by atoms with Crippen LogP contribution in [0.25, 0.3) is 0 Å². The number of amides is 3. The second-order valence-electron chi connectivity index (χ2n) is 6.42. The molecule has 0 saturated carbocycles. The third kappa shape index (κ3) is 8.00. The highest BCUT2D eigenvalue weighted by molar-refractivity contribution is 5.91. The largest absolute Gasteiger partial charge is 0.452 e. The Kier molecular flexibility index (Phi) is 9.19. The van der Waals surface area contributed by atoms with Crippen LogP contribution in [0.15, 0.2) is 24.3 Å². The molecule has 0 aliphatic rings. The lowest BCUT2D eigenvalue weighted by Crippen LogP contribution is -2.39. The second kappa shape index (κ2) is 11.1. The smallest absolute Gasteiger partial charge is 0.338 e. The standard InChI is InChI=1S/C19H29N3O4/c1-5-6-11-22(4)17(23)13-26-18(24)16-9-7-15(8-10-16)12-20-19(25)21-14(2)3/h7-10,14H,5-6,11-13H2,1-4H3,(H2,20,21,25). The van der Waals surface area contributed by atoms with E-state index in [9.17, 15) is 14.4 Å². The number of likely N-dealkylation sites (N-methyl/N-ethyl adjacent to an activating group) is 1. The van der Waals surface area contributed by atoms with Gasteiger partial charge in [-0.1, -0.05) is 25.5 Å². The minimum Gasteiger partial charge on any atom is -0.452 e. The Morgan fingerprint density at radius 1 is 1.15 bits per heavy atom. The topological polar surface area (TPSA) is 87.7 Å². The highest BCUT2D eigenvalue weighted by atomic mass is 16.5. The molecule has 0 bridgehead atoms. The minimum absolute atomic E-state index is 0.0656. The van der Waals surface area contributed by atoms with Crippen LogP contribution in [0.5, 0.6) is 0 Å². The first-order valence-electron chi connectivity index (χ1n) is 8.87. The van der Waals surface area contributed by atoms with Crippen molar-refractivity contribution < 1.29 is 19.1 Å². The van der Waals surface area contributed by atoms with Gasteiger partial charge >= 0.3 is 12.0 Å². The van der Waals surface area contributed by atoms with Crippen molar-refractivity contribution in [2.45, 2.75) is 46.2 Å². The number of rotatable bonds is 9. The monoisotopic (exact) mass is 363 g/mol. The van der Waals surface area contributed by atoms with E-state index in [2.05, 4.69) is 10.6 Å². The summed E-state index contributed by atoms with van der Waals surface area (Å²) in [5, 5.41) is 5.46. The summed E-state index contributed by atoms with van der Waals surface area (Å²) in [6.45, 7) is 6.55. The molecule has 0 aromatic heterocycles. The van der Waals surface area contributed by atoms with Gasteiger partial charge in [0.05, 0.1) is 5.56 Å². The van der Waals surface area contributed by atoms with Crippen molar-refractivity contribution in [2.24, 2.45) is 0 Å². The average molecular weight is 363 g/mol. The number of hydrogen-bond acceptors (Lipinski definition) is 4. The SMILES string of the molecule is CCCCN(C)C(=O)COC(=O)c1ccc(CNC(=O)NC(C)C)cc1. The predicted molar refractivity (Wildman–Crippen MR) is 99.8 cm³/mol. The molecule has 7 nitrogen and oxygen atoms in total. The summed E-state index contributed by atoms with van der Waals surface area (Å²) in [4.78, 5) is 37.0. The molecule has 0 radical (unpaired) electrons. The zero-order chi connectivity index (χ0) is 19.5. The fourth-order valence-electron chi connectivity index (χ4n) is 2.10. The van der Waals surface area contributed by atoms with Gasteiger partial charge in [-0.05, 0) is 38.0 Å². The van der Waals surface area contributed by atoms with Gasteiger partial charge < -0.3 is 20.3 Å². The van der Waals surface area contributed by atoms with Crippen LogP contribution in [-0.4, -0.2) is 49.0 Å². The molecule has 3 amide bonds. The highest BCUT2D eigenvalue weighted by Crippen LogP contribution is 2.06. The molecule has 0 spiro atoms. The lowest BCUT2D eigenvalue weighted by atomic mass is 10.1. The van der Waals surface area contributed by atoms with Gasteiger partial charge in [-0.15, -0.1) is 0 Å². The summed E-state index contributed by atoms with van der Waals surface area (Å²) in [7, 11) is 1.70. The van der Waals surface area contributed by atoms with Gasteiger partial charge in [0.15, 0.2) is 6.61 Å². The Morgan fingerprint density at radius 3 is 2.38 bits per heavy atom. The van der Waals surface area contributed by atoms with Crippen LogP contribution in [0, 0.1) is 0 Å². The zero-order valence-electron chi connectivity index (χ0n) is 16.0. The van der Waals surface area contributed by atoms with E-state index in [1.807, 2.05) is 20.8 Å². The summed E-state index contributed by atoms with van der Waals surface area (Å²) in [5.41, 5.74) is 1.22. The number of urea groups is 1. The quantitative estimate of drug-likeness (QED) is 0.659. The molecule has 0 unspecified atom stereocenters. The van der Waals surface area contributed by atoms with E-state index in [0.29, 0.717) is 18.7 Å². The Labute approximate surface area is 155 Å². The molecule has 1 aromatic rings. The van der Waals surface area contributed by atoms with Crippen LogP contribution in [0.1, 0.15) is 49.5 Å². The Morgan fingerprint density at radius 2 is 1.81 bits per heavy atom. The van der Waals surface area contributed by atoms with Gasteiger partial charge in [0.1, 0.15) is 0 Å². The molecule has 144 valence electrons. The van der Waals surface area contributed by atoms with E-state index in [1.165, 1.54) is 0 Å². The van der Waals surface area contributed by atoms with Crippen molar-refractivity contribution in [2.75, 3.05) is 20.2 Å². The van der Waals surface area contributed by atoms with Crippen LogP contribution in [-0.2, 0) is 16.1 Å². The first-order chi connectivity index (χ1) is 12.3. The van der Waals surface area contributed by atoms with Gasteiger partial charge in [-0.25, -0.2) is 9.59 Å². The van der Waals surface area contributed by atoms with Crippen LogP contribution < -0.4 is 10.6 Å². The number of benzene rings is 1. The third-order valence-electron chi connectivity index (χ3n) is 3.66. The fraction of sp³-hybridized carbons (Fsp3) is 0.526. The number of unbranched alkanes of at least 4 members (excludes halogenated alkanes) is 1. The van der Waals surface area contributed by atoms with Gasteiger partial charge in [0.25, 0.3) is 5.91 Å². The van der Waals surface area contributed by atoms with E-state index in [-0.39, 0.29) is 24.6 Å². The van der Waals surface area contributed by atoms with Gasteiger partial charge in [-0.3, -0.25) is 4.79 Å². The van der Waals surface area contributed by atoms with Crippen LogP contribution in [0.4, 0.5) is 4.79 Å². The zero-order valence-corrected chi connectivity index (χ0v) is 16.0. The number of carbonyl (C=O) groups is 3. The summed E-state index contributed by atoms with van der Waals surface area (Å²) >= 11 is 0. The van der Waals surface area contributed by atoms with Crippen LogP contribution in [0.2, 0.25) is 0 Å². The molecular formula is C19H29N3O4. The van der Waals surface area contributed by atoms with E-state index in [0.717, 1.165) is 18.4 Å². The first-order valence-corrected chi connectivity index (χ1v) is 8.87. The van der Waals surface area contributed by atoms with Crippen LogP contribution >= 0.6 is 0 Å². The second-order valence-corrected chi connectivity index (χ2v) is 6.42. The van der Waals surface area contributed by atoms with Crippen molar-refractivity contribution in [1.29, 1.82) is 0 Å². The van der Waals surface area contributed by atoms with Crippen molar-refractivity contribution in [1.82, 2.24) is 15.5 Å². The van der Waals surface area contributed by atoms with Crippen LogP contribution in [0.3, 0.4) is 0 Å². The number of esters is 1. The Bertz CT molecular complexity index is 599. The molecule has 0 aliphatic carbocycles. The molecule has 0 heterocycles. The average Bonchev–Trinajstić information content (AvgIpc) is 2.61. The maximum Gasteiger partial charge on any atom is 0.338 e. The third-order valence-corrected chi connectivity index (χ3v) is 3.66. The summed E-state index contributed by atoms with van der Waals surface area (Å²) in [6.07, 6.45) is 1.92. The maximum atomic E-state index is 12.0. The molecule has 7 heteroatoms. The lowest BCUT2D eigenvalue weighted by molar-refractivity contribution is -0.133. The van der Waals surface area contributed by atoms with Gasteiger partial charge in [0, 0.05) is 26.2 Å². The molecule has 0 fully saturated rings. The van der Waals surface area contributed by atoms with E-state index in [4.69, 9.17) is 4.74 Å². The Hall–Kier alpha value is -2.57. The van der Waals surface area contributed by atoms with Gasteiger partial charge in [-0.2, -0.15) is 0 Å². The fourth-order valence-corrected chi connectivity index (χ4v) is 2.10. The molecule has 2 N–H and O–H groups in total. The van der Waals surface area contributed by atoms with E-state index in [1.54, 1.807) is 36.2 Å². The summed E-state index contributed by atoms with van der Waals surface area (Å²) in [6, 6.07) is 6.53. The van der Waals surface area contributed by atoms with Crippen molar-refractivity contribution in [3.05, 3.63) is 35.4 Å². The molecule has 0 atom stereocenters. The van der Waals surface area contributed by atoms with E-state index >= 15 is 0 Å². The number of nitrogens with one attached hydrogen (secondary N) is 2. The molecule has 0 aliphatic heterocycles. The van der Waals surface area contributed by atoms with Crippen molar-refractivity contribution in [3.63, 3.8) is 0 Å². The van der Waals surface area contributed by atoms with Crippen molar-refractivity contribution in [3.8, 4) is 0 Å². The minimum atomic E-state index is -0.542. The van der Waals surface area contributed by atoms with E-state index < -0.39 is 5.97 Å². The maximum absolute atomic E-state index is 12.0.